The number of hydrogen-bond acceptors (Lipinski definition) is 4. The van der Waals surface area contributed by atoms with Gasteiger partial charge in [-0.1, -0.05) is 19.1 Å². The number of rotatable bonds is 5. The van der Waals surface area contributed by atoms with E-state index in [9.17, 15) is 4.79 Å². The number of hydrogen-bond donors (Lipinski definition) is 1. The molecule has 0 spiro atoms. The average Bonchev–Trinajstić information content (AvgIpc) is 3.65. The second kappa shape index (κ2) is 8.15. The fraction of sp³-hybridized carbons (Fsp3) is 0.259. The molecule has 1 fully saturated rings. The number of nitrogens with zero attached hydrogens (tertiary/aromatic N) is 3. The lowest BCUT2D eigenvalue weighted by Crippen LogP contribution is -2.14. The van der Waals surface area contributed by atoms with Crippen LogP contribution in [0.4, 0.5) is 5.82 Å². The lowest BCUT2D eigenvalue weighted by atomic mass is 9.97. The molecule has 160 valence electrons. The maximum Gasteiger partial charge on any atom is 0.228 e. The SMILES string of the molecule is CCc1ccc(C)c(-c2cc3cnc(NC(=O)C4CC4)cc3c(-c3cnccc3C)n2)c1. The number of aromatic nitrogens is 3. The first-order valence-electron chi connectivity index (χ1n) is 11.2. The number of pyridine rings is 3. The van der Waals surface area contributed by atoms with Crippen LogP contribution in [0.1, 0.15) is 36.5 Å². The van der Waals surface area contributed by atoms with E-state index in [-0.39, 0.29) is 11.8 Å². The fourth-order valence-corrected chi connectivity index (χ4v) is 4.01. The Morgan fingerprint density at radius 1 is 1.03 bits per heavy atom. The third-order valence-corrected chi connectivity index (χ3v) is 6.19. The molecule has 0 aliphatic heterocycles. The summed E-state index contributed by atoms with van der Waals surface area (Å²) >= 11 is 0. The van der Waals surface area contributed by atoms with Gasteiger partial charge in [0.2, 0.25) is 5.91 Å². The van der Waals surface area contributed by atoms with Crippen molar-refractivity contribution in [2.75, 3.05) is 5.32 Å². The number of nitrogens with one attached hydrogen (secondary N) is 1. The minimum Gasteiger partial charge on any atom is -0.310 e. The third-order valence-electron chi connectivity index (χ3n) is 6.19. The minimum absolute atomic E-state index is 0.0487. The molecule has 1 aliphatic carbocycles. The summed E-state index contributed by atoms with van der Waals surface area (Å²) in [5, 5.41) is 4.91. The Kier molecular flexibility index (Phi) is 5.17. The van der Waals surface area contributed by atoms with Crippen LogP contribution in [0.25, 0.3) is 33.3 Å². The number of aryl methyl sites for hydroxylation is 3. The van der Waals surface area contributed by atoms with Gasteiger partial charge in [-0.25, -0.2) is 9.97 Å². The predicted octanol–water partition coefficient (Wildman–Crippen LogP) is 5.89. The first kappa shape index (κ1) is 20.3. The van der Waals surface area contributed by atoms with Gasteiger partial charge in [-0.3, -0.25) is 9.78 Å². The summed E-state index contributed by atoms with van der Waals surface area (Å²) < 4.78 is 0. The number of fused-ring (bicyclic) bond motifs is 1. The van der Waals surface area contributed by atoms with Gasteiger partial charge in [0.25, 0.3) is 0 Å². The largest absolute Gasteiger partial charge is 0.310 e. The van der Waals surface area contributed by atoms with Crippen molar-refractivity contribution in [3.05, 3.63) is 71.7 Å². The zero-order valence-corrected chi connectivity index (χ0v) is 18.6. The zero-order valence-electron chi connectivity index (χ0n) is 18.6. The smallest absolute Gasteiger partial charge is 0.228 e. The Morgan fingerprint density at radius 2 is 1.84 bits per heavy atom. The van der Waals surface area contributed by atoms with E-state index in [1.165, 1.54) is 11.1 Å². The number of amides is 1. The molecule has 1 amide bonds. The van der Waals surface area contributed by atoms with Crippen molar-refractivity contribution in [3.8, 4) is 22.5 Å². The van der Waals surface area contributed by atoms with Crippen LogP contribution in [-0.2, 0) is 11.2 Å². The molecule has 5 rings (SSSR count). The second-order valence-corrected chi connectivity index (χ2v) is 8.60. The van der Waals surface area contributed by atoms with Crippen LogP contribution in [0, 0.1) is 19.8 Å². The molecule has 1 aromatic carbocycles. The van der Waals surface area contributed by atoms with Crippen molar-refractivity contribution in [1.82, 2.24) is 15.0 Å². The highest BCUT2D eigenvalue weighted by molar-refractivity contribution is 6.00. The summed E-state index contributed by atoms with van der Waals surface area (Å²) in [6.07, 6.45) is 8.38. The van der Waals surface area contributed by atoms with Gasteiger partial charge in [-0.2, -0.15) is 0 Å². The van der Waals surface area contributed by atoms with Gasteiger partial charge in [0.15, 0.2) is 0 Å². The topological polar surface area (TPSA) is 67.8 Å². The van der Waals surface area contributed by atoms with Crippen LogP contribution in [0.3, 0.4) is 0 Å². The summed E-state index contributed by atoms with van der Waals surface area (Å²) in [4.78, 5) is 26.3. The zero-order chi connectivity index (χ0) is 22.2. The quantitative estimate of drug-likeness (QED) is 0.436. The second-order valence-electron chi connectivity index (χ2n) is 8.60. The molecule has 5 nitrogen and oxygen atoms in total. The van der Waals surface area contributed by atoms with E-state index >= 15 is 0 Å². The van der Waals surface area contributed by atoms with Gasteiger partial charge in [-0.15, -0.1) is 0 Å². The van der Waals surface area contributed by atoms with Gasteiger partial charge >= 0.3 is 0 Å². The molecule has 1 saturated carbocycles. The highest BCUT2D eigenvalue weighted by Crippen LogP contribution is 2.35. The number of benzene rings is 1. The van der Waals surface area contributed by atoms with Crippen LogP contribution in [0.2, 0.25) is 0 Å². The fourth-order valence-electron chi connectivity index (χ4n) is 4.01. The van der Waals surface area contributed by atoms with E-state index in [2.05, 4.69) is 60.3 Å². The molecule has 0 bridgehead atoms. The van der Waals surface area contributed by atoms with Gasteiger partial charge in [0.1, 0.15) is 5.82 Å². The standard InChI is InChI=1S/C27H26N4O/c1-4-18-6-5-16(2)21(11-18)24-12-20-14-29-25(31-27(32)19-7-8-19)13-22(20)26(30-24)23-15-28-10-9-17(23)3/h5-6,9-15,19H,4,7-8H2,1-3H3,(H,29,31,32). The molecular formula is C27H26N4O. The van der Waals surface area contributed by atoms with Gasteiger partial charge in [0, 0.05) is 46.4 Å². The van der Waals surface area contributed by atoms with Crippen LogP contribution in [0.5, 0.6) is 0 Å². The van der Waals surface area contributed by atoms with Crippen LogP contribution in [-0.4, -0.2) is 20.9 Å². The van der Waals surface area contributed by atoms with Crippen molar-refractivity contribution in [2.45, 2.75) is 40.0 Å². The average molecular weight is 423 g/mol. The molecule has 5 heteroatoms. The van der Waals surface area contributed by atoms with Crippen LogP contribution < -0.4 is 5.32 Å². The lowest BCUT2D eigenvalue weighted by molar-refractivity contribution is -0.117. The summed E-state index contributed by atoms with van der Waals surface area (Å²) in [5.74, 6) is 0.741. The Labute approximate surface area is 188 Å². The Hall–Kier alpha value is -3.60. The summed E-state index contributed by atoms with van der Waals surface area (Å²) in [5.41, 5.74) is 7.45. The molecule has 4 aromatic rings. The first-order valence-corrected chi connectivity index (χ1v) is 11.2. The molecule has 0 radical (unpaired) electrons. The molecule has 0 unspecified atom stereocenters. The van der Waals surface area contributed by atoms with Crippen molar-refractivity contribution in [1.29, 1.82) is 0 Å². The Bertz CT molecular complexity index is 1340. The maximum absolute atomic E-state index is 12.3. The van der Waals surface area contributed by atoms with Gasteiger partial charge in [-0.05, 0) is 74.1 Å². The molecule has 0 saturated heterocycles. The summed E-state index contributed by atoms with van der Waals surface area (Å²) in [6.45, 7) is 6.34. The Morgan fingerprint density at radius 3 is 2.59 bits per heavy atom. The van der Waals surface area contributed by atoms with Crippen molar-refractivity contribution < 1.29 is 4.79 Å². The van der Waals surface area contributed by atoms with Crippen LogP contribution >= 0.6 is 0 Å². The number of carbonyl (C=O) groups excluding carboxylic acids is 1. The normalized spacial score (nSPS) is 13.3. The Balaban J connectivity index is 1.71. The van der Waals surface area contributed by atoms with E-state index in [1.807, 2.05) is 24.5 Å². The van der Waals surface area contributed by atoms with Gasteiger partial charge < -0.3 is 5.32 Å². The van der Waals surface area contributed by atoms with Gasteiger partial charge in [0.05, 0.1) is 11.4 Å². The molecule has 3 aromatic heterocycles. The molecule has 1 N–H and O–H groups in total. The van der Waals surface area contributed by atoms with E-state index in [0.717, 1.165) is 58.1 Å². The summed E-state index contributed by atoms with van der Waals surface area (Å²) in [7, 11) is 0. The minimum atomic E-state index is 0.0487. The van der Waals surface area contributed by atoms with Crippen molar-refractivity contribution in [2.24, 2.45) is 5.92 Å². The predicted molar refractivity (Wildman–Crippen MR) is 128 cm³/mol. The van der Waals surface area contributed by atoms with E-state index in [0.29, 0.717) is 5.82 Å². The number of anilines is 1. The lowest BCUT2D eigenvalue weighted by Gasteiger charge is -2.14. The van der Waals surface area contributed by atoms with Crippen molar-refractivity contribution >= 4 is 22.5 Å². The number of carbonyl (C=O) groups is 1. The van der Waals surface area contributed by atoms with Crippen LogP contribution in [0.15, 0.2) is 55.0 Å². The van der Waals surface area contributed by atoms with E-state index < -0.39 is 0 Å². The highest BCUT2D eigenvalue weighted by Gasteiger charge is 2.29. The molecular weight excluding hydrogens is 396 g/mol. The van der Waals surface area contributed by atoms with E-state index in [4.69, 9.17) is 4.98 Å². The maximum atomic E-state index is 12.3. The molecule has 1 aliphatic rings. The van der Waals surface area contributed by atoms with Crippen molar-refractivity contribution in [3.63, 3.8) is 0 Å². The van der Waals surface area contributed by atoms with E-state index in [1.54, 1.807) is 6.20 Å². The highest BCUT2D eigenvalue weighted by atomic mass is 16.2. The first-order chi connectivity index (χ1) is 15.5. The monoisotopic (exact) mass is 422 g/mol. The molecule has 32 heavy (non-hydrogen) atoms. The third kappa shape index (κ3) is 3.86. The molecule has 0 atom stereocenters. The summed E-state index contributed by atoms with van der Waals surface area (Å²) in [6, 6.07) is 12.6. The molecule has 3 heterocycles.